The number of para-hydroxylation sites is 1. The van der Waals surface area contributed by atoms with Crippen molar-refractivity contribution in [3.8, 4) is 5.75 Å². The number of carbonyl (C=O) groups is 2. The molecule has 0 saturated carbocycles. The Morgan fingerprint density at radius 2 is 1.69 bits per heavy atom. The maximum absolute atomic E-state index is 10.6. The van der Waals surface area contributed by atoms with Gasteiger partial charge in [0.05, 0.1) is 18.0 Å². The Hall–Kier alpha value is -2.08. The Morgan fingerprint density at radius 1 is 1.12 bits per heavy atom. The summed E-state index contributed by atoms with van der Waals surface area (Å²) in [4.78, 5) is 21.1. The number of nitrogens with two attached hydrogens (primary N) is 1. The van der Waals surface area contributed by atoms with Crippen LogP contribution in [0, 0.1) is 0 Å². The fourth-order valence-corrected chi connectivity index (χ4v) is 1.04. The number of rotatable bonds is 5. The molecule has 0 aliphatic heterocycles. The largest absolute Gasteiger partial charge is 0.548 e. The molecule has 0 aliphatic rings. The summed E-state index contributed by atoms with van der Waals surface area (Å²) in [5.41, 5.74) is 5.10. The number of hydrogen-bond acceptors (Lipinski definition) is 6. The second-order valence-electron chi connectivity index (χ2n) is 3.02. The van der Waals surface area contributed by atoms with Crippen LogP contribution in [0.15, 0.2) is 30.3 Å². The molecule has 0 fully saturated rings. The molecule has 0 aromatic heterocycles. The molecule has 6 heteroatoms. The summed E-state index contributed by atoms with van der Waals surface area (Å²) in [7, 11) is 0. The quantitative estimate of drug-likeness (QED) is 0.579. The second-order valence-corrected chi connectivity index (χ2v) is 3.02. The van der Waals surface area contributed by atoms with E-state index in [1.165, 1.54) is 12.1 Å². The number of hydrogen-bond donors (Lipinski definition) is 1. The van der Waals surface area contributed by atoms with Crippen LogP contribution >= 0.6 is 0 Å². The lowest BCUT2D eigenvalue weighted by Gasteiger charge is -2.26. The highest BCUT2D eigenvalue weighted by molar-refractivity contribution is 5.82. The van der Waals surface area contributed by atoms with Gasteiger partial charge in [-0.05, 0) is 12.1 Å². The molecule has 0 saturated heterocycles. The van der Waals surface area contributed by atoms with Crippen LogP contribution in [0.1, 0.15) is 0 Å². The zero-order chi connectivity index (χ0) is 12.1. The van der Waals surface area contributed by atoms with Gasteiger partial charge in [0.15, 0.2) is 6.10 Å². The molecule has 2 unspecified atom stereocenters. The van der Waals surface area contributed by atoms with Crippen LogP contribution in [-0.4, -0.2) is 24.1 Å². The molecule has 16 heavy (non-hydrogen) atoms. The van der Waals surface area contributed by atoms with E-state index in [9.17, 15) is 19.8 Å². The van der Waals surface area contributed by atoms with Crippen molar-refractivity contribution in [2.75, 3.05) is 0 Å². The average Bonchev–Trinajstić information content (AvgIpc) is 2.26. The Balaban J connectivity index is 2.81. The normalized spacial score (nSPS) is 13.8. The van der Waals surface area contributed by atoms with Crippen molar-refractivity contribution in [2.45, 2.75) is 12.1 Å². The molecule has 0 amide bonds. The Bertz CT molecular complexity index is 378. The smallest absolute Gasteiger partial charge is 0.158 e. The molecule has 0 radical (unpaired) electrons. The first-order valence-electron chi connectivity index (χ1n) is 4.41. The van der Waals surface area contributed by atoms with Crippen molar-refractivity contribution in [1.29, 1.82) is 0 Å². The van der Waals surface area contributed by atoms with Gasteiger partial charge in [-0.2, -0.15) is 0 Å². The highest BCUT2D eigenvalue weighted by Gasteiger charge is 2.22. The van der Waals surface area contributed by atoms with Gasteiger partial charge in [-0.3, -0.25) is 0 Å². The third-order valence-electron chi connectivity index (χ3n) is 1.84. The van der Waals surface area contributed by atoms with Crippen LogP contribution in [0.3, 0.4) is 0 Å². The molecule has 0 bridgehead atoms. The summed E-state index contributed by atoms with van der Waals surface area (Å²) in [6.07, 6.45) is -1.78. The van der Waals surface area contributed by atoms with E-state index in [0.29, 0.717) is 0 Å². The van der Waals surface area contributed by atoms with Gasteiger partial charge in [-0.1, -0.05) is 18.2 Å². The van der Waals surface area contributed by atoms with Crippen LogP contribution in [-0.2, 0) is 9.59 Å². The van der Waals surface area contributed by atoms with Crippen LogP contribution in [0.2, 0.25) is 0 Å². The van der Waals surface area contributed by atoms with Gasteiger partial charge in [0.1, 0.15) is 5.75 Å². The Labute approximate surface area is 91.3 Å². The van der Waals surface area contributed by atoms with E-state index in [1.54, 1.807) is 18.2 Å². The molecule has 2 N–H and O–H groups in total. The zero-order valence-electron chi connectivity index (χ0n) is 8.16. The van der Waals surface area contributed by atoms with Gasteiger partial charge in [0.25, 0.3) is 0 Å². The SMILES string of the molecule is NC(C(=O)[O-])C(Oc1ccccc1)C(=O)[O-]. The molecule has 2 atom stereocenters. The molecule has 86 valence electrons. The van der Waals surface area contributed by atoms with Crippen molar-refractivity contribution >= 4 is 11.9 Å². The first-order valence-corrected chi connectivity index (χ1v) is 4.41. The van der Waals surface area contributed by atoms with E-state index >= 15 is 0 Å². The number of carboxylic acid groups (broad SMARTS) is 2. The Morgan fingerprint density at radius 3 is 2.12 bits per heavy atom. The lowest BCUT2D eigenvalue weighted by atomic mass is 10.2. The topological polar surface area (TPSA) is 116 Å². The monoisotopic (exact) mass is 223 g/mol. The summed E-state index contributed by atoms with van der Waals surface area (Å²) in [6, 6.07) is 6.05. The van der Waals surface area contributed by atoms with Gasteiger partial charge in [-0.15, -0.1) is 0 Å². The lowest BCUT2D eigenvalue weighted by molar-refractivity contribution is -0.324. The minimum absolute atomic E-state index is 0.188. The molecule has 0 aliphatic carbocycles. The summed E-state index contributed by atoms with van der Waals surface area (Å²) in [6.45, 7) is 0. The van der Waals surface area contributed by atoms with Crippen molar-refractivity contribution in [3.63, 3.8) is 0 Å². The van der Waals surface area contributed by atoms with E-state index in [2.05, 4.69) is 0 Å². The molecule has 1 aromatic rings. The minimum Gasteiger partial charge on any atom is -0.548 e. The predicted molar refractivity (Wildman–Crippen MR) is 48.8 cm³/mol. The van der Waals surface area contributed by atoms with Gasteiger partial charge in [0, 0.05) is 0 Å². The van der Waals surface area contributed by atoms with Crippen LogP contribution < -0.4 is 20.7 Å². The first kappa shape index (κ1) is 12.0. The molecule has 0 heterocycles. The van der Waals surface area contributed by atoms with E-state index in [0.717, 1.165) is 0 Å². The minimum atomic E-state index is -1.79. The van der Waals surface area contributed by atoms with Crippen LogP contribution in [0.4, 0.5) is 0 Å². The molecular formula is C10H9NO5-2. The third-order valence-corrected chi connectivity index (χ3v) is 1.84. The van der Waals surface area contributed by atoms with Gasteiger partial charge >= 0.3 is 0 Å². The third kappa shape index (κ3) is 2.96. The van der Waals surface area contributed by atoms with Gasteiger partial charge < -0.3 is 30.3 Å². The maximum atomic E-state index is 10.6. The van der Waals surface area contributed by atoms with E-state index < -0.39 is 24.1 Å². The molecule has 1 rings (SSSR count). The summed E-state index contributed by atoms with van der Waals surface area (Å²) >= 11 is 0. The van der Waals surface area contributed by atoms with Crippen molar-refractivity contribution < 1.29 is 24.5 Å². The number of benzene rings is 1. The van der Waals surface area contributed by atoms with E-state index in [1.807, 2.05) is 0 Å². The fraction of sp³-hybridized carbons (Fsp3) is 0.200. The maximum Gasteiger partial charge on any atom is 0.158 e. The standard InChI is InChI=1S/C10H11NO5/c11-7(9(12)13)8(10(14)15)16-6-4-2-1-3-5-6/h1-5,7-8H,11H2,(H,12,13)(H,14,15)/p-2. The zero-order valence-corrected chi connectivity index (χ0v) is 8.16. The number of carbonyl (C=O) groups excluding carboxylic acids is 2. The average molecular weight is 223 g/mol. The predicted octanol–water partition coefficient (Wildman–Crippen LogP) is -2.74. The number of ether oxygens (including phenoxy) is 1. The van der Waals surface area contributed by atoms with E-state index in [4.69, 9.17) is 10.5 Å². The highest BCUT2D eigenvalue weighted by atomic mass is 16.5. The molecule has 0 spiro atoms. The summed E-state index contributed by atoms with van der Waals surface area (Å²) < 4.78 is 4.89. The lowest BCUT2D eigenvalue weighted by Crippen LogP contribution is -2.58. The highest BCUT2D eigenvalue weighted by Crippen LogP contribution is 2.11. The fourth-order valence-electron chi connectivity index (χ4n) is 1.04. The van der Waals surface area contributed by atoms with Crippen LogP contribution in [0.5, 0.6) is 5.75 Å². The van der Waals surface area contributed by atoms with Crippen molar-refractivity contribution in [2.24, 2.45) is 5.73 Å². The molecule has 1 aromatic carbocycles. The van der Waals surface area contributed by atoms with Gasteiger partial charge in [0.2, 0.25) is 0 Å². The molecule has 6 nitrogen and oxygen atoms in total. The van der Waals surface area contributed by atoms with Crippen molar-refractivity contribution in [3.05, 3.63) is 30.3 Å². The number of aliphatic carboxylic acids is 2. The summed E-state index contributed by atoms with van der Waals surface area (Å²) in [5.74, 6) is -3.24. The molecular weight excluding hydrogens is 214 g/mol. The Kier molecular flexibility index (Phi) is 3.84. The van der Waals surface area contributed by atoms with Crippen LogP contribution in [0.25, 0.3) is 0 Å². The van der Waals surface area contributed by atoms with E-state index in [-0.39, 0.29) is 5.75 Å². The second kappa shape index (κ2) is 5.13. The summed E-state index contributed by atoms with van der Waals surface area (Å²) in [5, 5.41) is 21.1. The van der Waals surface area contributed by atoms with Gasteiger partial charge in [-0.25, -0.2) is 0 Å². The number of carboxylic acids is 2. The van der Waals surface area contributed by atoms with Crippen molar-refractivity contribution in [1.82, 2.24) is 0 Å². The first-order chi connectivity index (χ1) is 7.52.